The van der Waals surface area contributed by atoms with E-state index in [0.717, 1.165) is 36.8 Å². The Morgan fingerprint density at radius 2 is 1.90 bits per heavy atom. The first kappa shape index (κ1) is 13.3. The van der Waals surface area contributed by atoms with Crippen LogP contribution in [0.15, 0.2) is 10.6 Å². The van der Waals surface area contributed by atoms with Gasteiger partial charge in [-0.25, -0.2) is 0 Å². The summed E-state index contributed by atoms with van der Waals surface area (Å²) in [5.74, 6) is 4.80. The Morgan fingerprint density at radius 1 is 1.29 bits per heavy atom. The highest BCUT2D eigenvalue weighted by molar-refractivity contribution is 5.91. The summed E-state index contributed by atoms with van der Waals surface area (Å²) >= 11 is 0. The molecule has 114 valence electrons. The fourth-order valence-corrected chi connectivity index (χ4v) is 4.88. The Bertz CT molecular complexity index is 513. The summed E-state index contributed by atoms with van der Waals surface area (Å²) in [6.45, 7) is 4.52. The molecule has 2 bridgehead atoms. The van der Waals surface area contributed by atoms with Crippen molar-refractivity contribution >= 4 is 11.7 Å². The zero-order valence-electron chi connectivity index (χ0n) is 12.5. The zero-order valence-corrected chi connectivity index (χ0v) is 12.5. The lowest BCUT2D eigenvalue weighted by atomic mass is 9.60. The number of amides is 1. The number of rotatable bonds is 3. The van der Waals surface area contributed by atoms with Crippen molar-refractivity contribution in [2.75, 3.05) is 25.0 Å². The number of likely N-dealkylation sites (tertiary alicyclic amines) is 1. The molecule has 1 saturated heterocycles. The lowest BCUT2D eigenvalue weighted by Crippen LogP contribution is -2.38. The van der Waals surface area contributed by atoms with Crippen molar-refractivity contribution in [2.45, 2.75) is 32.6 Å². The number of nitrogens with zero attached hydrogens (tertiary/aromatic N) is 2. The van der Waals surface area contributed by atoms with Crippen molar-refractivity contribution < 1.29 is 9.32 Å². The lowest BCUT2D eigenvalue weighted by molar-refractivity contribution is -0.117. The average Bonchev–Trinajstić information content (AvgIpc) is 3.07. The topological polar surface area (TPSA) is 58.4 Å². The Labute approximate surface area is 125 Å². The monoisotopic (exact) mass is 289 g/mol. The van der Waals surface area contributed by atoms with Crippen molar-refractivity contribution in [1.29, 1.82) is 0 Å². The number of carbonyl (C=O) groups excluding carboxylic acids is 1. The van der Waals surface area contributed by atoms with Gasteiger partial charge in [-0.3, -0.25) is 9.69 Å². The first-order chi connectivity index (χ1) is 10.2. The molecule has 0 spiro atoms. The molecular weight excluding hydrogens is 266 g/mol. The van der Waals surface area contributed by atoms with Crippen LogP contribution >= 0.6 is 0 Å². The molecule has 2 atom stereocenters. The first-order valence-corrected chi connectivity index (χ1v) is 8.14. The van der Waals surface area contributed by atoms with Gasteiger partial charge >= 0.3 is 0 Å². The molecule has 2 heterocycles. The fraction of sp³-hybridized carbons (Fsp3) is 0.750. The van der Waals surface area contributed by atoms with E-state index in [1.54, 1.807) is 6.07 Å². The minimum Gasteiger partial charge on any atom is -0.360 e. The molecule has 0 radical (unpaired) electrons. The second-order valence-corrected chi connectivity index (χ2v) is 7.07. The number of nitrogens with one attached hydrogen (secondary N) is 1. The predicted octanol–water partition coefficient (Wildman–Crippen LogP) is 2.29. The number of carbonyl (C=O) groups is 1. The smallest absolute Gasteiger partial charge is 0.239 e. The van der Waals surface area contributed by atoms with Crippen LogP contribution in [0.2, 0.25) is 0 Å². The van der Waals surface area contributed by atoms with E-state index in [0.29, 0.717) is 18.1 Å². The van der Waals surface area contributed by atoms with Gasteiger partial charge < -0.3 is 9.84 Å². The molecule has 4 aliphatic rings. The number of aromatic nitrogens is 1. The van der Waals surface area contributed by atoms with Gasteiger partial charge in [-0.15, -0.1) is 0 Å². The van der Waals surface area contributed by atoms with Crippen LogP contribution < -0.4 is 5.32 Å². The molecule has 4 fully saturated rings. The van der Waals surface area contributed by atoms with E-state index in [9.17, 15) is 4.79 Å². The summed E-state index contributed by atoms with van der Waals surface area (Å²) in [6, 6.07) is 1.75. The van der Waals surface area contributed by atoms with Crippen LogP contribution in [0.3, 0.4) is 0 Å². The normalized spacial score (nSPS) is 34.9. The molecule has 5 nitrogen and oxygen atoms in total. The summed E-state index contributed by atoms with van der Waals surface area (Å²) in [5.41, 5.74) is 0. The minimum absolute atomic E-state index is 0.0225. The highest BCUT2D eigenvalue weighted by atomic mass is 16.5. The highest BCUT2D eigenvalue weighted by Gasteiger charge is 2.48. The molecule has 3 aliphatic carbocycles. The number of aryl methyl sites for hydroxylation is 1. The molecular formula is C16H23N3O2. The Morgan fingerprint density at radius 3 is 2.43 bits per heavy atom. The fourth-order valence-electron chi connectivity index (χ4n) is 4.88. The SMILES string of the molecule is Cc1cc(NC(=O)CN2C[C@@H]3C4CCC(CC4)[C@@H]3C2)no1. The van der Waals surface area contributed by atoms with Gasteiger partial charge in [0, 0.05) is 19.2 Å². The number of fused-ring (bicyclic) bond motifs is 2. The minimum atomic E-state index is 0.0225. The van der Waals surface area contributed by atoms with E-state index in [4.69, 9.17) is 4.52 Å². The highest BCUT2D eigenvalue weighted by Crippen LogP contribution is 2.51. The van der Waals surface area contributed by atoms with Gasteiger partial charge in [0.05, 0.1) is 6.54 Å². The largest absolute Gasteiger partial charge is 0.360 e. The molecule has 5 rings (SSSR count). The van der Waals surface area contributed by atoms with Crippen molar-refractivity contribution in [3.63, 3.8) is 0 Å². The van der Waals surface area contributed by atoms with E-state index < -0.39 is 0 Å². The summed E-state index contributed by atoms with van der Waals surface area (Å²) in [4.78, 5) is 14.5. The van der Waals surface area contributed by atoms with Gasteiger partial charge in [0.2, 0.25) is 5.91 Å². The Kier molecular flexibility index (Phi) is 3.25. The molecule has 1 N–H and O–H groups in total. The van der Waals surface area contributed by atoms with Crippen LogP contribution in [0.5, 0.6) is 0 Å². The molecule has 21 heavy (non-hydrogen) atoms. The molecule has 3 saturated carbocycles. The lowest BCUT2D eigenvalue weighted by Gasteiger charge is -2.45. The number of hydrogen-bond acceptors (Lipinski definition) is 4. The van der Waals surface area contributed by atoms with E-state index in [-0.39, 0.29) is 5.91 Å². The standard InChI is InChI=1S/C16H23N3O2/c1-10-6-15(18-21-10)17-16(20)9-19-7-13-11-2-3-12(5-4-11)14(13)8-19/h6,11-14H,2-5,7-9H2,1H3,(H,17,18,20)/t11?,12?,13-,14+. The van der Waals surface area contributed by atoms with Crippen molar-refractivity contribution in [2.24, 2.45) is 23.7 Å². The zero-order chi connectivity index (χ0) is 14.4. The number of hydrogen-bond donors (Lipinski definition) is 1. The van der Waals surface area contributed by atoms with Gasteiger partial charge in [-0.05, 0) is 56.3 Å². The van der Waals surface area contributed by atoms with Gasteiger partial charge in [0.15, 0.2) is 5.82 Å². The maximum Gasteiger partial charge on any atom is 0.239 e. The molecule has 5 heteroatoms. The van der Waals surface area contributed by atoms with Crippen LogP contribution in [0.4, 0.5) is 5.82 Å². The average molecular weight is 289 g/mol. The summed E-state index contributed by atoms with van der Waals surface area (Å²) < 4.78 is 4.97. The van der Waals surface area contributed by atoms with Crippen molar-refractivity contribution in [3.8, 4) is 0 Å². The van der Waals surface area contributed by atoms with E-state index in [2.05, 4.69) is 15.4 Å². The molecule has 1 aromatic rings. The van der Waals surface area contributed by atoms with Crippen molar-refractivity contribution in [3.05, 3.63) is 11.8 Å². The quantitative estimate of drug-likeness (QED) is 0.927. The van der Waals surface area contributed by atoms with Gasteiger partial charge in [0.1, 0.15) is 5.76 Å². The predicted molar refractivity (Wildman–Crippen MR) is 78.7 cm³/mol. The van der Waals surface area contributed by atoms with E-state index >= 15 is 0 Å². The van der Waals surface area contributed by atoms with E-state index in [1.807, 2.05) is 6.92 Å². The number of anilines is 1. The summed E-state index contributed by atoms with van der Waals surface area (Å²) in [6.07, 6.45) is 5.68. The molecule has 0 aromatic carbocycles. The van der Waals surface area contributed by atoms with Crippen LogP contribution in [-0.2, 0) is 4.79 Å². The van der Waals surface area contributed by atoms with Crippen LogP contribution in [0.1, 0.15) is 31.4 Å². The van der Waals surface area contributed by atoms with Crippen LogP contribution in [0.25, 0.3) is 0 Å². The van der Waals surface area contributed by atoms with E-state index in [1.165, 1.54) is 25.7 Å². The third-order valence-electron chi connectivity index (χ3n) is 5.78. The molecule has 1 amide bonds. The van der Waals surface area contributed by atoms with Crippen LogP contribution in [-0.4, -0.2) is 35.6 Å². The second kappa shape index (κ2) is 5.13. The second-order valence-electron chi connectivity index (χ2n) is 7.07. The van der Waals surface area contributed by atoms with Gasteiger partial charge in [-0.1, -0.05) is 5.16 Å². The molecule has 1 aliphatic heterocycles. The maximum atomic E-state index is 12.1. The maximum absolute atomic E-state index is 12.1. The Balaban J connectivity index is 1.35. The molecule has 1 aromatic heterocycles. The van der Waals surface area contributed by atoms with Gasteiger partial charge in [0.25, 0.3) is 0 Å². The van der Waals surface area contributed by atoms with Gasteiger partial charge in [-0.2, -0.15) is 0 Å². The summed E-state index contributed by atoms with van der Waals surface area (Å²) in [5, 5.41) is 6.63. The third-order valence-corrected chi connectivity index (χ3v) is 5.78. The van der Waals surface area contributed by atoms with Crippen LogP contribution in [0, 0.1) is 30.6 Å². The Hall–Kier alpha value is -1.36. The van der Waals surface area contributed by atoms with Crippen molar-refractivity contribution in [1.82, 2.24) is 10.1 Å². The summed E-state index contributed by atoms with van der Waals surface area (Å²) in [7, 11) is 0. The first-order valence-electron chi connectivity index (χ1n) is 8.14. The third kappa shape index (κ3) is 2.48. The molecule has 0 unspecified atom stereocenters.